The summed E-state index contributed by atoms with van der Waals surface area (Å²) >= 11 is 0. The van der Waals surface area contributed by atoms with Crippen LogP contribution < -0.4 is 10.1 Å². The van der Waals surface area contributed by atoms with E-state index < -0.39 is 10.0 Å². The first-order chi connectivity index (χ1) is 12.8. The molecule has 0 radical (unpaired) electrons. The van der Waals surface area contributed by atoms with Crippen molar-refractivity contribution in [1.29, 1.82) is 0 Å². The minimum Gasteiger partial charge on any atom is -0.497 e. The minimum absolute atomic E-state index is 0.0821. The van der Waals surface area contributed by atoms with Crippen molar-refractivity contribution in [3.8, 4) is 5.75 Å². The highest BCUT2D eigenvalue weighted by Crippen LogP contribution is 2.15. The summed E-state index contributed by atoms with van der Waals surface area (Å²) in [5.41, 5.74) is 2.73. The van der Waals surface area contributed by atoms with Gasteiger partial charge in [0.05, 0.1) is 13.4 Å². The van der Waals surface area contributed by atoms with Crippen LogP contribution in [0.1, 0.15) is 24.5 Å². The standard InChI is InChI=1S/C20H26N2O4S/c1-4-16-5-9-18(10-6-16)21-20(23)13-14-22(27(3,24)25)15-17-7-11-19(26-2)12-8-17/h5-12H,4,13-15H2,1-3H3,(H,21,23). The normalized spacial score (nSPS) is 11.4. The molecule has 2 aromatic carbocycles. The number of hydrogen-bond donors (Lipinski definition) is 1. The quantitative estimate of drug-likeness (QED) is 0.714. The van der Waals surface area contributed by atoms with E-state index in [9.17, 15) is 13.2 Å². The van der Waals surface area contributed by atoms with Crippen molar-refractivity contribution in [2.45, 2.75) is 26.3 Å². The molecule has 0 heterocycles. The smallest absolute Gasteiger partial charge is 0.225 e. The van der Waals surface area contributed by atoms with Crippen molar-refractivity contribution in [2.24, 2.45) is 0 Å². The van der Waals surface area contributed by atoms with Gasteiger partial charge in [-0.1, -0.05) is 31.2 Å². The molecule has 0 saturated carbocycles. The third-order valence-electron chi connectivity index (χ3n) is 4.22. The zero-order chi connectivity index (χ0) is 19.9. The van der Waals surface area contributed by atoms with Gasteiger partial charge in [-0.3, -0.25) is 4.79 Å². The highest BCUT2D eigenvalue weighted by atomic mass is 32.2. The molecule has 0 aromatic heterocycles. The number of carbonyl (C=O) groups is 1. The van der Waals surface area contributed by atoms with Crippen molar-refractivity contribution in [3.63, 3.8) is 0 Å². The molecule has 0 fully saturated rings. The van der Waals surface area contributed by atoms with Crippen molar-refractivity contribution in [1.82, 2.24) is 4.31 Å². The fourth-order valence-corrected chi connectivity index (χ4v) is 3.38. The molecule has 0 aliphatic heterocycles. The summed E-state index contributed by atoms with van der Waals surface area (Å²) in [4.78, 5) is 12.2. The third kappa shape index (κ3) is 6.69. The molecule has 146 valence electrons. The molecule has 0 aliphatic carbocycles. The summed E-state index contributed by atoms with van der Waals surface area (Å²) < 4.78 is 30.5. The maximum absolute atomic E-state index is 12.2. The number of nitrogens with one attached hydrogen (secondary N) is 1. The molecule has 6 nitrogen and oxygen atoms in total. The van der Waals surface area contributed by atoms with Gasteiger partial charge in [-0.25, -0.2) is 8.42 Å². The Morgan fingerprint density at radius 1 is 1.04 bits per heavy atom. The van der Waals surface area contributed by atoms with Crippen LogP contribution in [0.3, 0.4) is 0 Å². The van der Waals surface area contributed by atoms with Gasteiger partial charge in [0.2, 0.25) is 15.9 Å². The Labute approximate surface area is 161 Å². The van der Waals surface area contributed by atoms with Gasteiger partial charge in [-0.2, -0.15) is 4.31 Å². The number of amides is 1. The first-order valence-electron chi connectivity index (χ1n) is 8.78. The van der Waals surface area contributed by atoms with Crippen LogP contribution in [0, 0.1) is 0 Å². The minimum atomic E-state index is -3.43. The van der Waals surface area contributed by atoms with Crippen LogP contribution in [0.2, 0.25) is 0 Å². The Hall–Kier alpha value is -2.38. The monoisotopic (exact) mass is 390 g/mol. The molecule has 1 N–H and O–H groups in total. The van der Waals surface area contributed by atoms with Gasteiger partial charge in [0.1, 0.15) is 5.75 Å². The van der Waals surface area contributed by atoms with Crippen LogP contribution >= 0.6 is 0 Å². The number of benzene rings is 2. The maximum atomic E-state index is 12.2. The van der Waals surface area contributed by atoms with Crippen LogP contribution in [0.15, 0.2) is 48.5 Å². The number of nitrogens with zero attached hydrogens (tertiary/aromatic N) is 1. The first-order valence-corrected chi connectivity index (χ1v) is 10.6. The van der Waals surface area contributed by atoms with Gasteiger partial charge in [0.25, 0.3) is 0 Å². The number of methoxy groups -OCH3 is 1. The Balaban J connectivity index is 1.95. The van der Waals surface area contributed by atoms with Crippen molar-refractivity contribution < 1.29 is 17.9 Å². The van der Waals surface area contributed by atoms with E-state index in [-0.39, 0.29) is 25.4 Å². The van der Waals surface area contributed by atoms with Crippen LogP contribution in [0.4, 0.5) is 5.69 Å². The lowest BCUT2D eigenvalue weighted by Gasteiger charge is -2.20. The number of ether oxygens (including phenoxy) is 1. The predicted octanol–water partition coefficient (Wildman–Crippen LogP) is 3.05. The summed E-state index contributed by atoms with van der Waals surface area (Å²) in [5, 5.41) is 2.80. The number of sulfonamides is 1. The van der Waals surface area contributed by atoms with E-state index in [4.69, 9.17) is 4.74 Å². The molecule has 27 heavy (non-hydrogen) atoms. The Bertz CT molecular complexity index is 847. The topological polar surface area (TPSA) is 75.7 Å². The fraction of sp³-hybridized carbons (Fsp3) is 0.350. The highest BCUT2D eigenvalue weighted by molar-refractivity contribution is 7.88. The van der Waals surface area contributed by atoms with E-state index >= 15 is 0 Å². The first kappa shape index (κ1) is 20.9. The van der Waals surface area contributed by atoms with Gasteiger partial charge >= 0.3 is 0 Å². The molecule has 2 rings (SSSR count). The molecule has 0 bridgehead atoms. The third-order valence-corrected chi connectivity index (χ3v) is 5.47. The maximum Gasteiger partial charge on any atom is 0.225 e. The molecule has 7 heteroatoms. The van der Waals surface area contributed by atoms with Gasteiger partial charge in [0.15, 0.2) is 0 Å². The molecule has 0 aliphatic rings. The second kappa shape index (κ2) is 9.53. The molecule has 0 unspecified atom stereocenters. The van der Waals surface area contributed by atoms with Gasteiger partial charge < -0.3 is 10.1 Å². The second-order valence-electron chi connectivity index (χ2n) is 6.29. The van der Waals surface area contributed by atoms with Gasteiger partial charge in [-0.05, 0) is 41.8 Å². The van der Waals surface area contributed by atoms with E-state index in [2.05, 4.69) is 12.2 Å². The van der Waals surface area contributed by atoms with Gasteiger partial charge in [-0.15, -0.1) is 0 Å². The highest BCUT2D eigenvalue weighted by Gasteiger charge is 2.18. The summed E-state index contributed by atoms with van der Waals surface area (Å²) in [5.74, 6) is 0.487. The largest absolute Gasteiger partial charge is 0.497 e. The van der Waals surface area contributed by atoms with E-state index in [0.29, 0.717) is 11.4 Å². The summed E-state index contributed by atoms with van der Waals surface area (Å²) in [6.07, 6.45) is 2.17. The van der Waals surface area contributed by atoms with Crippen molar-refractivity contribution >= 4 is 21.6 Å². The van der Waals surface area contributed by atoms with E-state index in [1.165, 1.54) is 9.87 Å². The molecule has 1 amide bonds. The Kier molecular flexibility index (Phi) is 7.38. The molecule has 0 spiro atoms. The second-order valence-corrected chi connectivity index (χ2v) is 8.28. The Morgan fingerprint density at radius 3 is 2.15 bits per heavy atom. The average Bonchev–Trinajstić information content (AvgIpc) is 2.65. The number of carbonyl (C=O) groups excluding carboxylic acids is 1. The zero-order valence-corrected chi connectivity index (χ0v) is 16.8. The van der Waals surface area contributed by atoms with E-state index in [1.54, 1.807) is 19.2 Å². The summed E-state index contributed by atoms with van der Waals surface area (Å²) in [7, 11) is -1.86. The lowest BCUT2D eigenvalue weighted by atomic mass is 10.1. The number of hydrogen-bond acceptors (Lipinski definition) is 4. The zero-order valence-electron chi connectivity index (χ0n) is 15.9. The van der Waals surface area contributed by atoms with Gasteiger partial charge in [0, 0.05) is 25.2 Å². The summed E-state index contributed by atoms with van der Waals surface area (Å²) in [6, 6.07) is 14.8. The number of anilines is 1. The van der Waals surface area contributed by atoms with Crippen LogP contribution in [0.25, 0.3) is 0 Å². The lowest BCUT2D eigenvalue weighted by Crippen LogP contribution is -2.32. The molecule has 0 saturated heterocycles. The van der Waals surface area contributed by atoms with Crippen LogP contribution in [-0.2, 0) is 27.8 Å². The Morgan fingerprint density at radius 2 is 1.63 bits per heavy atom. The summed E-state index contributed by atoms with van der Waals surface area (Å²) in [6.45, 7) is 2.39. The average molecular weight is 391 g/mol. The molecule has 0 atom stereocenters. The van der Waals surface area contributed by atoms with Crippen LogP contribution in [-0.4, -0.2) is 38.5 Å². The number of aryl methyl sites for hydroxylation is 1. The lowest BCUT2D eigenvalue weighted by molar-refractivity contribution is -0.116. The molecular weight excluding hydrogens is 364 g/mol. The predicted molar refractivity (Wildman–Crippen MR) is 107 cm³/mol. The van der Waals surface area contributed by atoms with Crippen molar-refractivity contribution in [3.05, 3.63) is 59.7 Å². The fourth-order valence-electron chi connectivity index (χ4n) is 2.57. The molecule has 2 aromatic rings. The van der Waals surface area contributed by atoms with E-state index in [0.717, 1.165) is 18.2 Å². The van der Waals surface area contributed by atoms with Crippen molar-refractivity contribution in [2.75, 3.05) is 25.2 Å². The van der Waals surface area contributed by atoms with E-state index in [1.807, 2.05) is 36.4 Å². The molecular formula is C20H26N2O4S. The number of rotatable bonds is 9. The SMILES string of the molecule is CCc1ccc(NC(=O)CCN(Cc2ccc(OC)cc2)S(C)(=O)=O)cc1. The van der Waals surface area contributed by atoms with Crippen LogP contribution in [0.5, 0.6) is 5.75 Å².